The lowest BCUT2D eigenvalue weighted by Crippen LogP contribution is -2.55. The Morgan fingerprint density at radius 3 is 2.82 bits per heavy atom. The van der Waals surface area contributed by atoms with Crippen LogP contribution in [-0.2, 0) is 15.0 Å². The molecule has 168 valence electrons. The number of carbonyl (C=O) groups excluding carboxylic acids is 3. The summed E-state index contributed by atoms with van der Waals surface area (Å²) < 4.78 is 13.7. The maximum Gasteiger partial charge on any atom is 0.254 e. The van der Waals surface area contributed by atoms with Crippen LogP contribution in [0.3, 0.4) is 0 Å². The number of pyridine rings is 1. The van der Waals surface area contributed by atoms with Crippen molar-refractivity contribution < 1.29 is 18.8 Å². The third kappa shape index (κ3) is 3.33. The van der Waals surface area contributed by atoms with E-state index in [0.717, 1.165) is 0 Å². The number of rotatable bonds is 3. The van der Waals surface area contributed by atoms with Crippen molar-refractivity contribution in [3.63, 3.8) is 0 Å². The van der Waals surface area contributed by atoms with E-state index in [0.29, 0.717) is 45.6 Å². The molecular formula is C24H20ClFN4O3. The predicted octanol–water partition coefficient (Wildman–Crippen LogP) is 2.90. The highest BCUT2D eigenvalue weighted by Gasteiger charge is 2.54. The van der Waals surface area contributed by atoms with Crippen LogP contribution in [-0.4, -0.2) is 54.3 Å². The standard InChI is InChI=1S/C24H20ClFN4O3/c1-27-21(31)12-29-13-24(19-9-15(25)2-4-18(19)22(29)32)6-7-30(23(24)33)20-11-28-10-14-8-16(26)3-5-17(14)20/h2-5,8-11H,6-7,12-13H2,1H3,(H,27,31). The Bertz CT molecular complexity index is 1330. The normalized spacial score (nSPS) is 20.0. The van der Waals surface area contributed by atoms with E-state index in [1.165, 1.54) is 24.1 Å². The Morgan fingerprint density at radius 1 is 1.21 bits per heavy atom. The van der Waals surface area contributed by atoms with Crippen LogP contribution in [0, 0.1) is 5.82 Å². The molecule has 5 rings (SSSR count). The van der Waals surface area contributed by atoms with Gasteiger partial charge in [-0.15, -0.1) is 0 Å². The lowest BCUT2D eigenvalue weighted by atomic mass is 9.73. The lowest BCUT2D eigenvalue weighted by molar-refractivity contribution is -0.125. The van der Waals surface area contributed by atoms with Crippen molar-refractivity contribution in [1.29, 1.82) is 0 Å². The second kappa shape index (κ2) is 7.81. The van der Waals surface area contributed by atoms with Crippen LogP contribution in [0.2, 0.25) is 5.02 Å². The number of likely N-dealkylation sites (N-methyl/N-ethyl adjacent to an activating group) is 1. The van der Waals surface area contributed by atoms with Crippen LogP contribution in [0.25, 0.3) is 10.8 Å². The zero-order valence-electron chi connectivity index (χ0n) is 17.8. The molecule has 3 aromatic rings. The molecule has 1 spiro atoms. The first-order chi connectivity index (χ1) is 15.8. The van der Waals surface area contributed by atoms with Gasteiger partial charge in [-0.3, -0.25) is 19.4 Å². The molecule has 1 fully saturated rings. The number of hydrogen-bond acceptors (Lipinski definition) is 4. The first kappa shape index (κ1) is 21.3. The minimum Gasteiger partial charge on any atom is -0.358 e. The largest absolute Gasteiger partial charge is 0.358 e. The average molecular weight is 467 g/mol. The Kier molecular flexibility index (Phi) is 5.05. The van der Waals surface area contributed by atoms with Gasteiger partial charge in [-0.05, 0) is 48.4 Å². The van der Waals surface area contributed by atoms with Crippen LogP contribution in [0.5, 0.6) is 0 Å². The minimum absolute atomic E-state index is 0.0642. The summed E-state index contributed by atoms with van der Waals surface area (Å²) in [4.78, 5) is 46.5. The van der Waals surface area contributed by atoms with E-state index < -0.39 is 5.41 Å². The van der Waals surface area contributed by atoms with Gasteiger partial charge in [-0.1, -0.05) is 11.6 Å². The quantitative estimate of drug-likeness (QED) is 0.643. The second-order valence-corrected chi connectivity index (χ2v) is 8.77. The van der Waals surface area contributed by atoms with Crippen molar-refractivity contribution in [1.82, 2.24) is 15.2 Å². The first-order valence-electron chi connectivity index (χ1n) is 10.5. The van der Waals surface area contributed by atoms with Crippen molar-refractivity contribution >= 4 is 45.8 Å². The van der Waals surface area contributed by atoms with Gasteiger partial charge in [-0.2, -0.15) is 0 Å². The Morgan fingerprint density at radius 2 is 2.03 bits per heavy atom. The Balaban J connectivity index is 1.62. The lowest BCUT2D eigenvalue weighted by Gasteiger charge is -2.40. The van der Waals surface area contributed by atoms with Crippen molar-refractivity contribution in [3.05, 3.63) is 70.8 Å². The molecule has 0 bridgehead atoms. The highest BCUT2D eigenvalue weighted by atomic mass is 35.5. The summed E-state index contributed by atoms with van der Waals surface area (Å²) in [5.74, 6) is -1.23. The SMILES string of the molecule is CNC(=O)CN1CC2(CCN(c3cncc4cc(F)ccc34)C2=O)c2cc(Cl)ccc2C1=O. The molecule has 0 radical (unpaired) electrons. The summed E-state index contributed by atoms with van der Waals surface area (Å²) >= 11 is 6.26. The first-order valence-corrected chi connectivity index (χ1v) is 10.9. The molecule has 1 atom stereocenters. The summed E-state index contributed by atoms with van der Waals surface area (Å²) in [6.45, 7) is 0.293. The van der Waals surface area contributed by atoms with Crippen molar-refractivity contribution in [2.45, 2.75) is 11.8 Å². The van der Waals surface area contributed by atoms with Gasteiger partial charge in [0.2, 0.25) is 11.8 Å². The molecule has 9 heteroatoms. The maximum absolute atomic E-state index is 14.0. The fourth-order valence-electron chi connectivity index (χ4n) is 4.87. The van der Waals surface area contributed by atoms with Crippen molar-refractivity contribution in [3.8, 4) is 0 Å². The number of halogens is 2. The summed E-state index contributed by atoms with van der Waals surface area (Å²) in [6, 6.07) is 9.24. The summed E-state index contributed by atoms with van der Waals surface area (Å²) in [6.07, 6.45) is 3.57. The number of hydrogen-bond donors (Lipinski definition) is 1. The van der Waals surface area contributed by atoms with Gasteiger partial charge in [0.15, 0.2) is 0 Å². The zero-order chi connectivity index (χ0) is 23.3. The number of carbonyl (C=O) groups is 3. The van der Waals surface area contributed by atoms with E-state index in [1.54, 1.807) is 41.6 Å². The van der Waals surface area contributed by atoms with Gasteiger partial charge in [0.05, 0.1) is 23.8 Å². The monoisotopic (exact) mass is 466 g/mol. The highest BCUT2D eigenvalue weighted by Crippen LogP contribution is 2.45. The molecule has 1 aromatic heterocycles. The fourth-order valence-corrected chi connectivity index (χ4v) is 5.05. The molecule has 33 heavy (non-hydrogen) atoms. The van der Waals surface area contributed by atoms with Crippen molar-refractivity contribution in [2.75, 3.05) is 31.6 Å². The number of anilines is 1. The van der Waals surface area contributed by atoms with E-state index >= 15 is 0 Å². The second-order valence-electron chi connectivity index (χ2n) is 8.34. The van der Waals surface area contributed by atoms with Crippen molar-refractivity contribution in [2.24, 2.45) is 0 Å². The van der Waals surface area contributed by atoms with E-state index in [2.05, 4.69) is 10.3 Å². The van der Waals surface area contributed by atoms with Gasteiger partial charge in [0.1, 0.15) is 5.82 Å². The molecule has 3 amide bonds. The number of nitrogens with zero attached hydrogens (tertiary/aromatic N) is 3. The minimum atomic E-state index is -1.05. The maximum atomic E-state index is 14.0. The summed E-state index contributed by atoms with van der Waals surface area (Å²) in [7, 11) is 1.50. The smallest absolute Gasteiger partial charge is 0.254 e. The van der Waals surface area contributed by atoms with Crippen LogP contribution in [0.4, 0.5) is 10.1 Å². The molecule has 2 aromatic carbocycles. The zero-order valence-corrected chi connectivity index (χ0v) is 18.5. The fraction of sp³-hybridized carbons (Fsp3) is 0.250. The van der Waals surface area contributed by atoms with E-state index in [4.69, 9.17) is 11.6 Å². The molecule has 1 N–H and O–H groups in total. The van der Waals surface area contributed by atoms with E-state index in [-0.39, 0.29) is 36.6 Å². The Hall–Kier alpha value is -3.52. The molecule has 2 aliphatic heterocycles. The van der Waals surface area contributed by atoms with Gasteiger partial charge in [-0.25, -0.2) is 4.39 Å². The molecule has 3 heterocycles. The Labute approximate surface area is 194 Å². The topological polar surface area (TPSA) is 82.6 Å². The molecule has 0 aliphatic carbocycles. The van der Waals surface area contributed by atoms with E-state index in [9.17, 15) is 18.8 Å². The third-order valence-corrected chi connectivity index (χ3v) is 6.73. The summed E-state index contributed by atoms with van der Waals surface area (Å²) in [5, 5.41) is 4.25. The third-order valence-electron chi connectivity index (χ3n) is 6.50. The highest BCUT2D eigenvalue weighted by molar-refractivity contribution is 6.31. The molecular weight excluding hydrogens is 447 g/mol. The van der Waals surface area contributed by atoms with Crippen LogP contribution < -0.4 is 10.2 Å². The van der Waals surface area contributed by atoms with Crippen LogP contribution >= 0.6 is 11.6 Å². The molecule has 2 aliphatic rings. The number of nitrogens with one attached hydrogen (secondary N) is 1. The number of aromatic nitrogens is 1. The van der Waals surface area contributed by atoms with Crippen LogP contribution in [0.15, 0.2) is 48.8 Å². The number of amides is 3. The number of fused-ring (bicyclic) bond motifs is 3. The molecule has 1 unspecified atom stereocenters. The van der Waals surface area contributed by atoms with Crippen LogP contribution in [0.1, 0.15) is 22.3 Å². The van der Waals surface area contributed by atoms with Gasteiger partial charge < -0.3 is 15.1 Å². The molecule has 0 saturated carbocycles. The van der Waals surface area contributed by atoms with Gasteiger partial charge in [0, 0.05) is 47.7 Å². The summed E-state index contributed by atoms with van der Waals surface area (Å²) in [5.41, 5.74) is 0.458. The molecule has 7 nitrogen and oxygen atoms in total. The predicted molar refractivity (Wildman–Crippen MR) is 122 cm³/mol. The average Bonchev–Trinajstić information content (AvgIpc) is 3.12. The molecule has 1 saturated heterocycles. The van der Waals surface area contributed by atoms with E-state index in [1.807, 2.05) is 0 Å². The van der Waals surface area contributed by atoms with Gasteiger partial charge >= 0.3 is 0 Å². The van der Waals surface area contributed by atoms with Gasteiger partial charge in [0.25, 0.3) is 5.91 Å². The number of benzene rings is 2.